The van der Waals surface area contributed by atoms with Gasteiger partial charge in [-0.25, -0.2) is 8.78 Å². The quantitative estimate of drug-likeness (QED) is 0.174. The Balaban J connectivity index is 2.34. The molecule has 1 fully saturated rings. The summed E-state index contributed by atoms with van der Waals surface area (Å²) in [7, 11) is 0. The van der Waals surface area contributed by atoms with E-state index in [2.05, 4.69) is 10.6 Å². The first-order valence-electron chi connectivity index (χ1n) is 12.5. The number of hydrogen-bond donors (Lipinski definition) is 4. The highest BCUT2D eigenvalue weighted by molar-refractivity contribution is 5.92. The molecule has 4 N–H and O–H groups in total. The maximum absolute atomic E-state index is 14.1. The third kappa shape index (κ3) is 13.5. The predicted molar refractivity (Wildman–Crippen MR) is 126 cm³/mol. The van der Waals surface area contributed by atoms with Crippen molar-refractivity contribution in [1.29, 1.82) is 0 Å². The molecule has 1 saturated carbocycles. The minimum absolute atomic E-state index is 0.187. The van der Waals surface area contributed by atoms with Gasteiger partial charge in [0.15, 0.2) is 11.7 Å². The van der Waals surface area contributed by atoms with Crippen LogP contribution in [-0.4, -0.2) is 47.3 Å². The van der Waals surface area contributed by atoms with Gasteiger partial charge in [-0.05, 0) is 69.9 Å². The van der Waals surface area contributed by atoms with Gasteiger partial charge in [0.25, 0.3) is 11.8 Å². The molecule has 1 aliphatic rings. The minimum atomic E-state index is -0.826. The van der Waals surface area contributed by atoms with Gasteiger partial charge in [-0.1, -0.05) is 38.5 Å². The largest absolute Gasteiger partial charge is 0.396 e. The number of hydrogen-bond acceptors (Lipinski definition) is 4. The van der Waals surface area contributed by atoms with E-state index in [1.807, 2.05) is 0 Å². The van der Waals surface area contributed by atoms with Crippen molar-refractivity contribution in [2.45, 2.75) is 108 Å². The lowest BCUT2D eigenvalue weighted by Crippen LogP contribution is -2.48. The monoisotopic (exact) mass is 472 g/mol. The van der Waals surface area contributed by atoms with Crippen molar-refractivity contribution in [3.63, 3.8) is 0 Å². The number of nitrogens with one attached hydrogen (secondary N) is 2. The van der Waals surface area contributed by atoms with Gasteiger partial charge in [0, 0.05) is 25.3 Å². The molecule has 0 aromatic carbocycles. The van der Waals surface area contributed by atoms with Gasteiger partial charge in [-0.15, -0.1) is 0 Å². The molecule has 0 spiro atoms. The van der Waals surface area contributed by atoms with Crippen LogP contribution in [0.4, 0.5) is 8.78 Å². The van der Waals surface area contributed by atoms with Crippen LogP contribution in [0.15, 0.2) is 23.8 Å². The number of aliphatic hydroxyl groups is 2. The van der Waals surface area contributed by atoms with Crippen LogP contribution in [-0.2, 0) is 9.59 Å². The summed E-state index contributed by atoms with van der Waals surface area (Å²) < 4.78 is 28.2. The van der Waals surface area contributed by atoms with Gasteiger partial charge in [-0.3, -0.25) is 9.59 Å². The lowest BCUT2D eigenvalue weighted by atomic mass is 10.1. The summed E-state index contributed by atoms with van der Waals surface area (Å²) in [5.41, 5.74) is 0. The Labute approximate surface area is 196 Å². The molecule has 0 heterocycles. The van der Waals surface area contributed by atoms with Crippen LogP contribution < -0.4 is 10.6 Å². The van der Waals surface area contributed by atoms with Gasteiger partial charge < -0.3 is 20.8 Å². The number of rotatable bonds is 18. The average molecular weight is 473 g/mol. The molecule has 0 aliphatic heterocycles. The molecule has 0 saturated heterocycles. The van der Waals surface area contributed by atoms with Crippen LogP contribution in [0.25, 0.3) is 0 Å². The van der Waals surface area contributed by atoms with Gasteiger partial charge >= 0.3 is 0 Å². The molecular weight excluding hydrogens is 430 g/mol. The van der Waals surface area contributed by atoms with Crippen molar-refractivity contribution < 1.29 is 28.6 Å². The van der Waals surface area contributed by atoms with E-state index in [1.54, 1.807) is 0 Å². The van der Waals surface area contributed by atoms with E-state index in [4.69, 9.17) is 10.2 Å². The molecule has 0 aromatic rings. The standard InChI is InChI=1S/C25H42F2N2O4/c26-20(14-9-5-1-3-7-11-18-30)24(32)28-22-16-13-17-23(22)29-25(33)21(27)15-10-6-2-4-8-12-19-31/h14-15,22-23,30-31H,1-13,16-19H2,(H,28,32)(H,29,33). The summed E-state index contributed by atoms with van der Waals surface area (Å²) in [6.45, 7) is 0.375. The van der Waals surface area contributed by atoms with Crippen LogP contribution >= 0.6 is 0 Å². The molecule has 0 aromatic heterocycles. The van der Waals surface area contributed by atoms with Crippen molar-refractivity contribution in [2.24, 2.45) is 0 Å². The number of aliphatic hydroxyl groups excluding tert-OH is 2. The Hall–Kier alpha value is -1.80. The molecule has 8 heteroatoms. The first kappa shape index (κ1) is 29.2. The molecule has 0 bridgehead atoms. The van der Waals surface area contributed by atoms with Gasteiger partial charge in [-0.2, -0.15) is 0 Å². The second-order valence-electron chi connectivity index (χ2n) is 8.76. The molecule has 0 radical (unpaired) electrons. The van der Waals surface area contributed by atoms with Crippen molar-refractivity contribution in [3.8, 4) is 0 Å². The molecule has 190 valence electrons. The summed E-state index contributed by atoms with van der Waals surface area (Å²) in [6.07, 6.45) is 14.3. The Bertz CT molecular complexity index is 574. The van der Waals surface area contributed by atoms with Gasteiger partial charge in [0.1, 0.15) is 0 Å². The van der Waals surface area contributed by atoms with Crippen LogP contribution in [0.3, 0.4) is 0 Å². The maximum atomic E-state index is 14.1. The highest BCUT2D eigenvalue weighted by Gasteiger charge is 2.31. The fraction of sp³-hybridized carbons (Fsp3) is 0.760. The normalized spacial score (nSPS) is 19.0. The molecule has 2 atom stereocenters. The molecule has 6 nitrogen and oxygen atoms in total. The number of carbonyl (C=O) groups is 2. The van der Waals surface area contributed by atoms with Gasteiger partial charge in [0.2, 0.25) is 0 Å². The Morgan fingerprint density at radius 2 is 1.03 bits per heavy atom. The van der Waals surface area contributed by atoms with Crippen molar-refractivity contribution in [2.75, 3.05) is 13.2 Å². The first-order chi connectivity index (χ1) is 16.0. The Morgan fingerprint density at radius 3 is 1.42 bits per heavy atom. The summed E-state index contributed by atoms with van der Waals surface area (Å²) in [4.78, 5) is 24.3. The highest BCUT2D eigenvalue weighted by atomic mass is 19.1. The Morgan fingerprint density at radius 1 is 0.667 bits per heavy atom. The van der Waals surface area contributed by atoms with E-state index < -0.39 is 35.6 Å². The van der Waals surface area contributed by atoms with Crippen molar-refractivity contribution >= 4 is 11.8 Å². The van der Waals surface area contributed by atoms with Crippen LogP contribution in [0.5, 0.6) is 0 Å². The molecular formula is C25H42F2N2O4. The molecule has 1 rings (SSSR count). The zero-order valence-electron chi connectivity index (χ0n) is 19.8. The second-order valence-corrected chi connectivity index (χ2v) is 8.76. The predicted octanol–water partition coefficient (Wildman–Crippen LogP) is 4.51. The Kier molecular flexibility index (Phi) is 16.5. The lowest BCUT2D eigenvalue weighted by molar-refractivity contribution is -0.122. The van der Waals surface area contributed by atoms with Crippen LogP contribution in [0, 0.1) is 0 Å². The van der Waals surface area contributed by atoms with Crippen molar-refractivity contribution in [1.82, 2.24) is 10.6 Å². The number of halogens is 2. The fourth-order valence-electron chi connectivity index (χ4n) is 4.00. The van der Waals surface area contributed by atoms with Crippen LogP contribution in [0.1, 0.15) is 96.3 Å². The van der Waals surface area contributed by atoms with Gasteiger partial charge in [0.05, 0.1) is 0 Å². The van der Waals surface area contributed by atoms with E-state index in [0.717, 1.165) is 70.6 Å². The zero-order chi connectivity index (χ0) is 24.3. The number of unbranched alkanes of at least 4 members (excludes halogenated alkanes) is 10. The topological polar surface area (TPSA) is 98.7 Å². The maximum Gasteiger partial charge on any atom is 0.279 e. The smallest absolute Gasteiger partial charge is 0.279 e. The first-order valence-corrected chi connectivity index (χ1v) is 12.5. The SMILES string of the molecule is O=C(NC1CCCC1NC(=O)C(F)=CCCCCCCCO)C(F)=CCCCCCCCO. The number of amides is 2. The fourth-order valence-corrected chi connectivity index (χ4v) is 4.00. The molecule has 33 heavy (non-hydrogen) atoms. The molecule has 2 amide bonds. The minimum Gasteiger partial charge on any atom is -0.396 e. The summed E-state index contributed by atoms with van der Waals surface area (Å²) in [6, 6.07) is -0.836. The summed E-state index contributed by atoms with van der Waals surface area (Å²) in [5, 5.41) is 22.7. The van der Waals surface area contributed by atoms with E-state index in [1.165, 1.54) is 12.2 Å². The van der Waals surface area contributed by atoms with E-state index in [0.29, 0.717) is 25.7 Å². The van der Waals surface area contributed by atoms with E-state index in [-0.39, 0.29) is 13.2 Å². The summed E-state index contributed by atoms with van der Waals surface area (Å²) in [5.74, 6) is -3.24. The number of allylic oxidation sites excluding steroid dienone is 2. The lowest BCUT2D eigenvalue weighted by Gasteiger charge is -2.21. The van der Waals surface area contributed by atoms with E-state index in [9.17, 15) is 18.4 Å². The second kappa shape index (κ2) is 18.6. The van der Waals surface area contributed by atoms with Crippen molar-refractivity contribution in [3.05, 3.63) is 23.8 Å². The average Bonchev–Trinajstić information content (AvgIpc) is 3.23. The third-order valence-corrected chi connectivity index (χ3v) is 5.95. The van der Waals surface area contributed by atoms with E-state index >= 15 is 0 Å². The molecule has 1 aliphatic carbocycles. The summed E-state index contributed by atoms with van der Waals surface area (Å²) >= 11 is 0. The van der Waals surface area contributed by atoms with Crippen LogP contribution in [0.2, 0.25) is 0 Å². The zero-order valence-corrected chi connectivity index (χ0v) is 19.8. The highest BCUT2D eigenvalue weighted by Crippen LogP contribution is 2.21. The number of carbonyl (C=O) groups excluding carboxylic acids is 2. The molecule has 2 unspecified atom stereocenters. The third-order valence-electron chi connectivity index (χ3n) is 5.95.